The highest BCUT2D eigenvalue weighted by Gasteiger charge is 2.29. The summed E-state index contributed by atoms with van der Waals surface area (Å²) in [7, 11) is 1.22. The number of amides is 3. The number of benzene rings is 2. The first-order valence-corrected chi connectivity index (χ1v) is 15.4. The van der Waals surface area contributed by atoms with Crippen LogP contribution in [0.5, 0.6) is 17.5 Å². The molecule has 1 unspecified atom stereocenters. The van der Waals surface area contributed by atoms with Gasteiger partial charge in [0.05, 0.1) is 18.8 Å². The van der Waals surface area contributed by atoms with E-state index >= 15 is 0 Å². The fourth-order valence-corrected chi connectivity index (χ4v) is 4.38. The molecular weight excluding hydrogens is 669 g/mol. The number of alkyl halides is 3. The highest BCUT2D eigenvalue weighted by Crippen LogP contribution is 2.27. The number of rotatable bonds is 7. The minimum Gasteiger partial charge on any atom is -0.494 e. The number of fused-ring (bicyclic) bond motifs is 10. The first kappa shape index (κ1) is 36.9. The molecule has 6 bridgehead atoms. The third-order valence-electron chi connectivity index (χ3n) is 6.90. The molecule has 2 aliphatic heterocycles. The van der Waals surface area contributed by atoms with E-state index in [1.165, 1.54) is 25.2 Å². The Morgan fingerprint density at radius 2 is 1.64 bits per heavy atom. The number of carbonyl (C=O) groups excluding carboxylic acids is 3. The molecule has 0 radical (unpaired) electrons. The van der Waals surface area contributed by atoms with Crippen LogP contribution in [0.2, 0.25) is 0 Å². The molecule has 0 aliphatic carbocycles. The Kier molecular flexibility index (Phi) is 12.9. The predicted octanol–water partition coefficient (Wildman–Crippen LogP) is 2.55. The Balaban J connectivity index is 1.61. The zero-order chi connectivity index (χ0) is 36.1. The third-order valence-corrected chi connectivity index (χ3v) is 6.90. The van der Waals surface area contributed by atoms with Gasteiger partial charge in [-0.1, -0.05) is 12.1 Å². The minimum absolute atomic E-state index is 0.0303. The topological polar surface area (TPSA) is 215 Å². The van der Waals surface area contributed by atoms with E-state index in [4.69, 9.17) is 14.2 Å². The van der Waals surface area contributed by atoms with Gasteiger partial charge in [-0.05, 0) is 55.5 Å². The van der Waals surface area contributed by atoms with Gasteiger partial charge in [-0.3, -0.25) is 14.4 Å². The second-order valence-corrected chi connectivity index (χ2v) is 10.8. The van der Waals surface area contributed by atoms with Crippen molar-refractivity contribution < 1.29 is 51.7 Å². The van der Waals surface area contributed by atoms with Gasteiger partial charge in [-0.15, -0.1) is 0 Å². The molecule has 0 saturated heterocycles. The number of anilines is 3. The molecule has 1 atom stereocenters. The average molecular weight is 705 g/mol. The summed E-state index contributed by atoms with van der Waals surface area (Å²) in [6.07, 6.45) is -1.67. The van der Waals surface area contributed by atoms with E-state index in [0.717, 1.165) is 24.8 Å². The van der Waals surface area contributed by atoms with Gasteiger partial charge in [-0.25, -0.2) is 4.79 Å². The SMILES string of the molecule is CNC(=O)C(=O)NCC(NC(=O)c1ccc2cc1OCCCCCCOc1ccc(cc1)CNc1nc(nc(OCC(F)(F)F)n1)N2)C(=O)O. The lowest BCUT2D eigenvalue weighted by Gasteiger charge is -2.18. The third kappa shape index (κ3) is 11.7. The van der Waals surface area contributed by atoms with Crippen molar-refractivity contribution >= 4 is 41.3 Å². The first-order chi connectivity index (χ1) is 23.9. The fraction of sp³-hybridized carbons (Fsp3) is 0.387. The quantitative estimate of drug-likeness (QED) is 0.195. The van der Waals surface area contributed by atoms with Crippen molar-refractivity contribution in [3.8, 4) is 17.5 Å². The number of hydrogen-bond donors (Lipinski definition) is 6. The van der Waals surface area contributed by atoms with E-state index in [1.807, 2.05) is 12.1 Å². The highest BCUT2D eigenvalue weighted by molar-refractivity contribution is 6.35. The van der Waals surface area contributed by atoms with Crippen LogP contribution >= 0.6 is 0 Å². The molecule has 3 heterocycles. The van der Waals surface area contributed by atoms with Crippen molar-refractivity contribution in [3.63, 3.8) is 0 Å². The molecule has 16 nitrogen and oxygen atoms in total. The van der Waals surface area contributed by atoms with Crippen LogP contribution in [-0.2, 0) is 20.9 Å². The minimum atomic E-state index is -4.66. The summed E-state index contributed by atoms with van der Waals surface area (Å²) in [5, 5.41) is 22.0. The zero-order valence-corrected chi connectivity index (χ0v) is 26.8. The van der Waals surface area contributed by atoms with Crippen LogP contribution in [0.15, 0.2) is 42.5 Å². The van der Waals surface area contributed by atoms with Gasteiger partial charge in [0.15, 0.2) is 6.61 Å². The van der Waals surface area contributed by atoms with Gasteiger partial charge in [-0.2, -0.15) is 28.1 Å². The predicted molar refractivity (Wildman–Crippen MR) is 170 cm³/mol. The molecule has 268 valence electrons. The summed E-state index contributed by atoms with van der Waals surface area (Å²) in [5.74, 6) is -4.02. The molecule has 0 spiro atoms. The van der Waals surface area contributed by atoms with Crippen molar-refractivity contribution in [1.29, 1.82) is 0 Å². The molecule has 0 saturated carbocycles. The van der Waals surface area contributed by atoms with Crippen LogP contribution in [0.1, 0.15) is 41.6 Å². The highest BCUT2D eigenvalue weighted by atomic mass is 19.4. The maximum atomic E-state index is 13.3. The van der Waals surface area contributed by atoms with Crippen LogP contribution in [0, 0.1) is 0 Å². The zero-order valence-electron chi connectivity index (χ0n) is 26.8. The summed E-state index contributed by atoms with van der Waals surface area (Å²) in [6, 6.07) is 9.16. The molecule has 0 fully saturated rings. The Labute approximate surface area is 283 Å². The molecule has 2 aliphatic rings. The number of carbonyl (C=O) groups is 4. The van der Waals surface area contributed by atoms with Crippen LogP contribution in [0.4, 0.5) is 30.8 Å². The summed E-state index contributed by atoms with van der Waals surface area (Å²) in [4.78, 5) is 60.5. The van der Waals surface area contributed by atoms with E-state index in [2.05, 4.69) is 41.5 Å². The van der Waals surface area contributed by atoms with Gasteiger partial charge >= 0.3 is 30.0 Å². The van der Waals surface area contributed by atoms with Gasteiger partial charge in [0, 0.05) is 31.9 Å². The standard InChI is InChI=1S/C31H35F3N8O8/c1-35-25(44)26(45)36-16-22(27(46)47)39-24(43)21-11-8-19-14-23(21)49-13-5-3-2-4-12-48-20-9-6-18(7-10-20)15-37-28-40-29(38-19)42-30(41-28)50-17-31(32,33)34/h6-11,14,22H,2-5,12-13,15-17H2,1H3,(H,35,44)(H,36,45)(H,39,43)(H,46,47)(H2,37,38,40,41,42). The second-order valence-electron chi connectivity index (χ2n) is 10.8. The van der Waals surface area contributed by atoms with Crippen LogP contribution in [0.3, 0.4) is 0 Å². The number of carboxylic acids is 1. The molecule has 50 heavy (non-hydrogen) atoms. The van der Waals surface area contributed by atoms with E-state index in [0.29, 0.717) is 18.8 Å². The smallest absolute Gasteiger partial charge is 0.422 e. The Hall–Kier alpha value is -5.88. The van der Waals surface area contributed by atoms with Gasteiger partial charge in [0.1, 0.15) is 17.5 Å². The number of hydrogen-bond acceptors (Lipinski definition) is 12. The van der Waals surface area contributed by atoms with Crippen molar-refractivity contribution in [1.82, 2.24) is 30.9 Å². The molecule has 19 heteroatoms. The number of nitrogens with zero attached hydrogens (tertiary/aromatic N) is 3. The lowest BCUT2D eigenvalue weighted by molar-refractivity contribution is -0.154. The number of nitrogens with one attached hydrogen (secondary N) is 5. The maximum Gasteiger partial charge on any atom is 0.422 e. The summed E-state index contributed by atoms with van der Waals surface area (Å²) < 4.78 is 55.3. The molecule has 2 aromatic carbocycles. The molecule has 6 N–H and O–H groups in total. The van der Waals surface area contributed by atoms with Crippen LogP contribution < -0.4 is 40.8 Å². The van der Waals surface area contributed by atoms with E-state index < -0.39 is 55.1 Å². The van der Waals surface area contributed by atoms with Crippen LogP contribution in [0.25, 0.3) is 0 Å². The maximum absolute atomic E-state index is 13.3. The lowest BCUT2D eigenvalue weighted by atomic mass is 10.1. The summed E-state index contributed by atoms with van der Waals surface area (Å²) in [6.45, 7) is -1.37. The monoisotopic (exact) mass is 704 g/mol. The van der Waals surface area contributed by atoms with Crippen molar-refractivity contribution in [2.75, 3.05) is 44.0 Å². The van der Waals surface area contributed by atoms with Crippen molar-refractivity contribution in [2.24, 2.45) is 0 Å². The largest absolute Gasteiger partial charge is 0.494 e. The second kappa shape index (κ2) is 17.5. The Morgan fingerprint density at radius 3 is 2.32 bits per heavy atom. The van der Waals surface area contributed by atoms with Gasteiger partial charge in [0.2, 0.25) is 11.9 Å². The molecule has 3 aromatic rings. The van der Waals surface area contributed by atoms with Gasteiger partial charge < -0.3 is 45.9 Å². The normalized spacial score (nSPS) is 14.2. The number of ether oxygens (including phenoxy) is 3. The van der Waals surface area contributed by atoms with Gasteiger partial charge in [0.25, 0.3) is 5.91 Å². The first-order valence-electron chi connectivity index (χ1n) is 15.4. The van der Waals surface area contributed by atoms with Crippen LogP contribution in [-0.4, -0.2) is 89.4 Å². The Morgan fingerprint density at radius 1 is 0.940 bits per heavy atom. The number of halogens is 3. The molecule has 1 aromatic heterocycles. The number of carboxylic acid groups (broad SMARTS) is 1. The van der Waals surface area contributed by atoms with Crippen molar-refractivity contribution in [2.45, 2.75) is 44.4 Å². The number of likely N-dealkylation sites (N-methyl/N-ethyl adjacent to an activating group) is 1. The van der Waals surface area contributed by atoms with Crippen molar-refractivity contribution in [3.05, 3.63) is 53.6 Å². The number of aliphatic carboxylic acids is 1. The van der Waals surface area contributed by atoms with E-state index in [9.17, 15) is 37.5 Å². The molecular formula is C31H35F3N8O8. The van der Waals surface area contributed by atoms with E-state index in [1.54, 1.807) is 12.1 Å². The molecule has 3 amide bonds. The lowest BCUT2D eigenvalue weighted by Crippen LogP contribution is -2.50. The summed E-state index contributed by atoms with van der Waals surface area (Å²) in [5.41, 5.74) is 0.996. The fourth-order valence-electron chi connectivity index (χ4n) is 4.38. The summed E-state index contributed by atoms with van der Waals surface area (Å²) >= 11 is 0. The average Bonchev–Trinajstić information content (AvgIpc) is 3.08. The molecule has 5 rings (SSSR count). The van der Waals surface area contributed by atoms with E-state index in [-0.39, 0.29) is 42.0 Å². The number of aromatic nitrogens is 3. The Bertz CT molecular complexity index is 1660.